The lowest BCUT2D eigenvalue weighted by Crippen LogP contribution is -2.29. The molecule has 1 amide bonds. The predicted octanol–water partition coefficient (Wildman–Crippen LogP) is 6.79. The first-order chi connectivity index (χ1) is 21.7. The number of aliphatic hydroxyl groups is 1. The minimum absolute atomic E-state index is 0.00507. The number of Topliss-reactive ketones (excluding diaryl/α,β-unsaturated/α-hetero) is 1. The molecule has 2 heterocycles. The third-order valence-electron chi connectivity index (χ3n) is 6.89. The van der Waals surface area contributed by atoms with Gasteiger partial charge in [0.25, 0.3) is 5.78 Å². The van der Waals surface area contributed by atoms with Crippen molar-refractivity contribution in [2.45, 2.75) is 53.0 Å². The Morgan fingerprint density at radius 3 is 2.44 bits per heavy atom. The lowest BCUT2D eigenvalue weighted by Gasteiger charge is -2.24. The van der Waals surface area contributed by atoms with Crippen molar-refractivity contribution in [3.63, 3.8) is 0 Å². The van der Waals surface area contributed by atoms with Crippen molar-refractivity contribution in [3.8, 4) is 17.2 Å². The number of rotatable bonds is 15. The van der Waals surface area contributed by atoms with Gasteiger partial charge in [-0.2, -0.15) is 0 Å². The van der Waals surface area contributed by atoms with E-state index in [1.54, 1.807) is 49.4 Å². The average molecular weight is 635 g/mol. The molecule has 45 heavy (non-hydrogen) atoms. The molecule has 0 saturated carbocycles. The van der Waals surface area contributed by atoms with E-state index in [-0.39, 0.29) is 27.9 Å². The zero-order chi connectivity index (χ0) is 32.5. The number of hydrogen-bond donors (Lipinski definition) is 1. The zero-order valence-corrected chi connectivity index (χ0v) is 26.8. The summed E-state index contributed by atoms with van der Waals surface area (Å²) in [5, 5.41) is 11.7. The molecule has 4 rings (SSSR count). The van der Waals surface area contributed by atoms with Gasteiger partial charge in [-0.1, -0.05) is 50.3 Å². The summed E-state index contributed by atoms with van der Waals surface area (Å²) in [7, 11) is 0. The summed E-state index contributed by atoms with van der Waals surface area (Å²) >= 11 is 0.925. The number of esters is 1. The van der Waals surface area contributed by atoms with Crippen LogP contribution in [-0.4, -0.2) is 54.2 Å². The van der Waals surface area contributed by atoms with Crippen LogP contribution < -0.4 is 19.1 Å². The molecule has 0 aliphatic carbocycles. The van der Waals surface area contributed by atoms with Gasteiger partial charge in [0.05, 0.1) is 37.1 Å². The van der Waals surface area contributed by atoms with Crippen molar-refractivity contribution in [1.29, 1.82) is 0 Å². The Kier molecular flexibility index (Phi) is 11.4. The van der Waals surface area contributed by atoms with Crippen molar-refractivity contribution in [2.24, 2.45) is 0 Å². The van der Waals surface area contributed by atoms with Gasteiger partial charge in [0.2, 0.25) is 0 Å². The van der Waals surface area contributed by atoms with Crippen LogP contribution in [-0.2, 0) is 14.3 Å². The van der Waals surface area contributed by atoms with E-state index in [1.165, 1.54) is 11.0 Å². The predicted molar refractivity (Wildman–Crippen MR) is 172 cm³/mol. The van der Waals surface area contributed by atoms with Crippen LogP contribution in [0.4, 0.5) is 5.13 Å². The SMILES string of the molecule is C=CCOC(=O)c1sc(N2C(=O)C(=O)C(=C(O)c3ccc(OCCCC)cc3)[C@H]2c2ccc(OCCC)c(OCC)c2)nc1C. The Hall–Kier alpha value is -4.64. The van der Waals surface area contributed by atoms with Gasteiger partial charge in [-0.05, 0) is 68.7 Å². The fourth-order valence-corrected chi connectivity index (χ4v) is 5.70. The molecule has 0 unspecified atom stereocenters. The normalized spacial score (nSPS) is 15.6. The topological polar surface area (TPSA) is 124 Å². The van der Waals surface area contributed by atoms with Crippen LogP contribution >= 0.6 is 11.3 Å². The van der Waals surface area contributed by atoms with Crippen molar-refractivity contribution < 1.29 is 38.4 Å². The Balaban J connectivity index is 1.85. The molecular weight excluding hydrogens is 596 g/mol. The zero-order valence-electron chi connectivity index (χ0n) is 26.0. The highest BCUT2D eigenvalue weighted by molar-refractivity contribution is 7.17. The number of carbonyl (C=O) groups excluding carboxylic acids is 3. The first-order valence-corrected chi connectivity index (χ1v) is 15.8. The Bertz CT molecular complexity index is 1580. The number of hydrogen-bond acceptors (Lipinski definition) is 10. The number of aliphatic hydroxyl groups excluding tert-OH is 1. The minimum Gasteiger partial charge on any atom is -0.507 e. The molecule has 10 nitrogen and oxygen atoms in total. The largest absolute Gasteiger partial charge is 0.507 e. The molecule has 2 aromatic carbocycles. The Morgan fingerprint density at radius 1 is 1.02 bits per heavy atom. The highest BCUT2D eigenvalue weighted by Crippen LogP contribution is 2.45. The van der Waals surface area contributed by atoms with Crippen LogP contribution in [0.1, 0.15) is 72.6 Å². The number of unbranched alkanes of at least 4 members (excludes halogenated alkanes) is 1. The number of nitrogens with zero attached hydrogens (tertiary/aromatic N) is 2. The maximum atomic E-state index is 13.7. The number of amides is 1. The van der Waals surface area contributed by atoms with E-state index < -0.39 is 23.7 Å². The molecule has 11 heteroatoms. The second-order valence-electron chi connectivity index (χ2n) is 10.2. The van der Waals surface area contributed by atoms with Crippen molar-refractivity contribution in [3.05, 3.63) is 82.4 Å². The number of aromatic nitrogens is 1. The van der Waals surface area contributed by atoms with Crippen LogP contribution in [0, 0.1) is 6.92 Å². The van der Waals surface area contributed by atoms with E-state index in [9.17, 15) is 19.5 Å². The van der Waals surface area contributed by atoms with Crippen LogP contribution in [0.5, 0.6) is 17.2 Å². The van der Waals surface area contributed by atoms with Crippen molar-refractivity contribution in [2.75, 3.05) is 31.3 Å². The third kappa shape index (κ3) is 7.37. The van der Waals surface area contributed by atoms with Gasteiger partial charge in [0.1, 0.15) is 23.0 Å². The van der Waals surface area contributed by atoms with Gasteiger partial charge in [-0.25, -0.2) is 9.78 Å². The van der Waals surface area contributed by atoms with Gasteiger partial charge in [-0.3, -0.25) is 14.5 Å². The molecular formula is C34H38N2O8S. The first kappa shape index (κ1) is 33.3. The number of ether oxygens (including phenoxy) is 4. The highest BCUT2D eigenvalue weighted by atomic mass is 32.1. The van der Waals surface area contributed by atoms with Crippen molar-refractivity contribution in [1.82, 2.24) is 4.98 Å². The molecule has 1 saturated heterocycles. The monoisotopic (exact) mass is 634 g/mol. The number of aryl methyl sites for hydroxylation is 1. The van der Waals surface area contributed by atoms with Crippen LogP contribution in [0.2, 0.25) is 0 Å². The number of ketones is 1. The summed E-state index contributed by atoms with van der Waals surface area (Å²) in [6.07, 6.45) is 4.13. The van der Waals surface area contributed by atoms with Gasteiger partial charge in [-0.15, -0.1) is 0 Å². The summed E-state index contributed by atoms with van der Waals surface area (Å²) in [6, 6.07) is 10.7. The second-order valence-corrected chi connectivity index (χ2v) is 11.2. The summed E-state index contributed by atoms with van der Waals surface area (Å²) in [4.78, 5) is 46.0. The molecule has 3 aromatic rings. The number of benzene rings is 2. The van der Waals surface area contributed by atoms with Gasteiger partial charge in [0, 0.05) is 5.56 Å². The maximum Gasteiger partial charge on any atom is 0.350 e. The van der Waals surface area contributed by atoms with E-state index in [2.05, 4.69) is 18.5 Å². The average Bonchev–Trinajstić information content (AvgIpc) is 3.55. The molecule has 1 aliphatic heterocycles. The van der Waals surface area contributed by atoms with E-state index in [0.29, 0.717) is 53.9 Å². The van der Waals surface area contributed by atoms with Crippen LogP contribution in [0.3, 0.4) is 0 Å². The molecule has 1 fully saturated rings. The Labute approximate surface area is 266 Å². The highest BCUT2D eigenvalue weighted by Gasteiger charge is 2.48. The summed E-state index contributed by atoms with van der Waals surface area (Å²) in [6.45, 7) is 12.5. The van der Waals surface area contributed by atoms with Gasteiger partial charge < -0.3 is 24.1 Å². The van der Waals surface area contributed by atoms with Crippen molar-refractivity contribution >= 4 is 39.9 Å². The second kappa shape index (κ2) is 15.4. The Morgan fingerprint density at radius 2 is 1.78 bits per heavy atom. The van der Waals surface area contributed by atoms with Gasteiger partial charge >= 0.3 is 11.9 Å². The summed E-state index contributed by atoms with van der Waals surface area (Å²) in [5.41, 5.74) is 1.01. The molecule has 1 aliphatic rings. The smallest absolute Gasteiger partial charge is 0.350 e. The number of thiazole rings is 1. The molecule has 238 valence electrons. The molecule has 1 atom stereocenters. The van der Waals surface area contributed by atoms with E-state index >= 15 is 0 Å². The molecule has 1 aromatic heterocycles. The molecule has 0 radical (unpaired) electrons. The molecule has 0 spiro atoms. The fourth-order valence-electron chi connectivity index (χ4n) is 4.71. The van der Waals surface area contributed by atoms with E-state index in [1.807, 2.05) is 13.8 Å². The molecule has 0 bridgehead atoms. The van der Waals surface area contributed by atoms with Crippen LogP contribution in [0.25, 0.3) is 5.76 Å². The quantitative estimate of drug-likeness (QED) is 0.0481. The first-order valence-electron chi connectivity index (χ1n) is 14.9. The fraction of sp³-hybridized carbons (Fsp3) is 0.353. The van der Waals surface area contributed by atoms with E-state index in [4.69, 9.17) is 18.9 Å². The van der Waals surface area contributed by atoms with Crippen LogP contribution in [0.15, 0.2) is 60.7 Å². The van der Waals surface area contributed by atoms with Gasteiger partial charge in [0.15, 0.2) is 16.6 Å². The lowest BCUT2D eigenvalue weighted by molar-refractivity contribution is -0.132. The summed E-state index contributed by atoms with van der Waals surface area (Å²) in [5.74, 6) is -1.22. The maximum absolute atomic E-state index is 13.7. The number of carbonyl (C=O) groups is 3. The summed E-state index contributed by atoms with van der Waals surface area (Å²) < 4.78 is 22.7. The minimum atomic E-state index is -1.09. The lowest BCUT2D eigenvalue weighted by atomic mass is 9.95. The third-order valence-corrected chi connectivity index (χ3v) is 8.03. The number of anilines is 1. The van der Waals surface area contributed by atoms with E-state index in [0.717, 1.165) is 30.6 Å². The standard InChI is InChI=1S/C34H38N2O8S/c1-6-10-19-42-24-14-11-22(12-15-24)29(37)27-28(23-13-16-25(43-17-7-2)26(20-23)41-9-4)36(32(39)30(27)38)34-35-21(5)31(45-34)33(40)44-18-8-3/h8,11-16,20,28,37H,3,6-7,9-10,17-19H2,1-2,4-5H3/t28-/m1/s1. The molecule has 1 N–H and O–H groups in total.